The quantitative estimate of drug-likeness (QED) is 0.650. The van der Waals surface area contributed by atoms with Gasteiger partial charge in [0.1, 0.15) is 11.5 Å². The van der Waals surface area contributed by atoms with Crippen molar-refractivity contribution in [3.8, 4) is 0 Å². The summed E-state index contributed by atoms with van der Waals surface area (Å²) in [4.78, 5) is 4.13. The Hall–Kier alpha value is -2.71. The lowest BCUT2D eigenvalue weighted by molar-refractivity contribution is 0.334. The molecule has 3 aliphatic heterocycles. The predicted molar refractivity (Wildman–Crippen MR) is 74.6 cm³/mol. The molecule has 0 unspecified atom stereocenters. The molecule has 4 heteroatoms. The largest absolute Gasteiger partial charge is 0.457 e. The fraction of sp³-hybridized carbons (Fsp3) is 0.0667. The molecule has 0 aromatic heterocycles. The van der Waals surface area contributed by atoms with Gasteiger partial charge in [-0.15, -0.1) is 0 Å². The third-order valence-corrected chi connectivity index (χ3v) is 2.83. The summed E-state index contributed by atoms with van der Waals surface area (Å²) in [5.74, 6) is 1.29. The first kappa shape index (κ1) is 11.4. The molecule has 0 fully saturated rings. The average Bonchev–Trinajstić information content (AvgIpc) is 2.59. The van der Waals surface area contributed by atoms with Crippen LogP contribution < -0.4 is 10.6 Å². The minimum absolute atomic E-state index is 0.563. The Labute approximate surface area is 111 Å². The summed E-state index contributed by atoms with van der Waals surface area (Å²) < 4.78 is 5.76. The zero-order valence-electron chi connectivity index (χ0n) is 10.3. The first-order valence-electron chi connectivity index (χ1n) is 5.97. The third-order valence-electron chi connectivity index (χ3n) is 2.83. The Morgan fingerprint density at radius 1 is 1.26 bits per heavy atom. The minimum Gasteiger partial charge on any atom is -0.457 e. The van der Waals surface area contributed by atoms with Crippen molar-refractivity contribution in [1.29, 1.82) is 0 Å². The van der Waals surface area contributed by atoms with Crippen LogP contribution in [0.5, 0.6) is 0 Å². The summed E-state index contributed by atoms with van der Waals surface area (Å²) in [5, 5.41) is 6.37. The molecule has 94 valence electrons. The molecule has 0 aromatic rings. The number of fused-ring (bicyclic) bond motifs is 1. The summed E-state index contributed by atoms with van der Waals surface area (Å²) in [6.45, 7) is 3.92. The number of hydrogen-bond donors (Lipinski definition) is 2. The highest BCUT2D eigenvalue weighted by molar-refractivity contribution is 5.81. The molecule has 3 rings (SSSR count). The Balaban J connectivity index is 2.03. The van der Waals surface area contributed by atoms with Crippen LogP contribution in [-0.2, 0) is 4.74 Å². The first-order chi connectivity index (χ1) is 9.33. The molecule has 0 spiro atoms. The van der Waals surface area contributed by atoms with Crippen LogP contribution in [0.15, 0.2) is 82.6 Å². The molecule has 0 bridgehead atoms. The second-order valence-electron chi connectivity index (χ2n) is 4.18. The van der Waals surface area contributed by atoms with Gasteiger partial charge in [-0.25, -0.2) is 0 Å². The van der Waals surface area contributed by atoms with Crippen LogP contribution in [0.2, 0.25) is 0 Å². The van der Waals surface area contributed by atoms with E-state index in [0.29, 0.717) is 12.2 Å². The molecule has 3 heterocycles. The van der Waals surface area contributed by atoms with Crippen LogP contribution in [0, 0.1) is 0 Å². The zero-order valence-corrected chi connectivity index (χ0v) is 10.3. The summed E-state index contributed by atoms with van der Waals surface area (Å²) in [5.41, 5.74) is 5.86. The van der Waals surface area contributed by atoms with E-state index < -0.39 is 0 Å². The van der Waals surface area contributed by atoms with Crippen molar-refractivity contribution in [2.75, 3.05) is 0 Å². The lowest BCUT2D eigenvalue weighted by Crippen LogP contribution is -2.22. The van der Waals surface area contributed by atoms with Crippen LogP contribution >= 0.6 is 0 Å². The minimum atomic E-state index is 0.563. The zero-order chi connectivity index (χ0) is 13.1. The van der Waals surface area contributed by atoms with Gasteiger partial charge in [0.15, 0.2) is 0 Å². The van der Waals surface area contributed by atoms with Gasteiger partial charge in [0, 0.05) is 36.3 Å². The number of rotatable bonds is 0. The molecular formula is C15H13N3O. The van der Waals surface area contributed by atoms with Crippen LogP contribution in [0.1, 0.15) is 6.42 Å². The highest BCUT2D eigenvalue weighted by atomic mass is 16.5. The lowest BCUT2D eigenvalue weighted by atomic mass is 10.1. The van der Waals surface area contributed by atoms with Crippen molar-refractivity contribution >= 4 is 6.21 Å². The Morgan fingerprint density at radius 3 is 3.00 bits per heavy atom. The SMILES string of the molecule is C=C1/C=C2/NC=CN/C2=C/CC2=C(C=C=CN=C2)O1. The fourth-order valence-corrected chi connectivity index (χ4v) is 1.94. The van der Waals surface area contributed by atoms with Crippen molar-refractivity contribution in [2.24, 2.45) is 4.99 Å². The van der Waals surface area contributed by atoms with Crippen molar-refractivity contribution in [3.05, 3.63) is 77.6 Å². The first-order valence-corrected chi connectivity index (χ1v) is 5.97. The van der Waals surface area contributed by atoms with Crippen LogP contribution in [0.25, 0.3) is 0 Å². The Morgan fingerprint density at radius 2 is 2.11 bits per heavy atom. The van der Waals surface area contributed by atoms with Gasteiger partial charge in [-0.3, -0.25) is 4.99 Å². The van der Waals surface area contributed by atoms with Gasteiger partial charge in [-0.05, 0) is 6.42 Å². The molecule has 4 nitrogen and oxygen atoms in total. The van der Waals surface area contributed by atoms with Gasteiger partial charge >= 0.3 is 0 Å². The van der Waals surface area contributed by atoms with Crippen LogP contribution in [-0.4, -0.2) is 6.21 Å². The molecule has 0 radical (unpaired) electrons. The van der Waals surface area contributed by atoms with E-state index in [9.17, 15) is 0 Å². The molecule has 0 atom stereocenters. The smallest absolute Gasteiger partial charge is 0.140 e. The molecule has 0 amide bonds. The number of allylic oxidation sites excluding steroid dienone is 4. The topological polar surface area (TPSA) is 45.7 Å². The maximum Gasteiger partial charge on any atom is 0.140 e. The molecule has 0 saturated carbocycles. The van der Waals surface area contributed by atoms with Gasteiger partial charge in [0.25, 0.3) is 0 Å². The molecule has 3 aliphatic rings. The van der Waals surface area contributed by atoms with Crippen molar-refractivity contribution in [3.63, 3.8) is 0 Å². The van der Waals surface area contributed by atoms with E-state index in [1.807, 2.05) is 18.5 Å². The van der Waals surface area contributed by atoms with Gasteiger partial charge < -0.3 is 15.4 Å². The highest BCUT2D eigenvalue weighted by Gasteiger charge is 2.13. The molecule has 0 saturated heterocycles. The highest BCUT2D eigenvalue weighted by Crippen LogP contribution is 2.22. The van der Waals surface area contributed by atoms with Crippen LogP contribution in [0.3, 0.4) is 0 Å². The maximum absolute atomic E-state index is 5.76. The van der Waals surface area contributed by atoms with Gasteiger partial charge in [-0.2, -0.15) is 0 Å². The normalized spacial score (nSPS) is 26.0. The van der Waals surface area contributed by atoms with Crippen molar-refractivity contribution in [1.82, 2.24) is 10.6 Å². The molecule has 2 N–H and O–H groups in total. The number of aliphatic imine (C=N–C) groups is 1. The average molecular weight is 251 g/mol. The van der Waals surface area contributed by atoms with E-state index in [1.165, 1.54) is 0 Å². The fourth-order valence-electron chi connectivity index (χ4n) is 1.94. The van der Waals surface area contributed by atoms with E-state index in [4.69, 9.17) is 4.74 Å². The maximum atomic E-state index is 5.76. The lowest BCUT2D eigenvalue weighted by Gasteiger charge is -2.16. The predicted octanol–water partition coefficient (Wildman–Crippen LogP) is 2.36. The van der Waals surface area contributed by atoms with E-state index in [-0.39, 0.29) is 0 Å². The van der Waals surface area contributed by atoms with E-state index >= 15 is 0 Å². The number of nitrogens with zero attached hydrogens (tertiary/aromatic N) is 1. The molecular weight excluding hydrogens is 238 g/mol. The van der Waals surface area contributed by atoms with Gasteiger partial charge in [0.2, 0.25) is 0 Å². The Bertz CT molecular complexity index is 638. The summed E-state index contributed by atoms with van der Waals surface area (Å²) in [7, 11) is 0. The van der Waals surface area contributed by atoms with Gasteiger partial charge in [0.05, 0.1) is 17.6 Å². The summed E-state index contributed by atoms with van der Waals surface area (Å²) in [6, 6.07) is 0. The van der Waals surface area contributed by atoms with Crippen molar-refractivity contribution < 1.29 is 4.74 Å². The molecule has 19 heavy (non-hydrogen) atoms. The number of ether oxygens (including phenoxy) is 1. The molecule has 0 aromatic carbocycles. The molecule has 0 aliphatic carbocycles. The monoisotopic (exact) mass is 251 g/mol. The van der Waals surface area contributed by atoms with Crippen molar-refractivity contribution in [2.45, 2.75) is 6.42 Å². The summed E-state index contributed by atoms with van der Waals surface area (Å²) in [6.07, 6.45) is 13.5. The standard InChI is InChI=1S/C15H13N3O/c1-11-9-14-13(17-7-8-18-14)5-4-12-10-16-6-2-3-15(12)19-11/h3,5-10,17-18H,1,4H2/b13-5+,14-9+. The van der Waals surface area contributed by atoms with E-state index in [0.717, 1.165) is 22.7 Å². The Kier molecular flexibility index (Phi) is 2.93. The van der Waals surface area contributed by atoms with Gasteiger partial charge in [-0.1, -0.05) is 18.4 Å². The van der Waals surface area contributed by atoms with Crippen LogP contribution in [0.4, 0.5) is 0 Å². The third kappa shape index (κ3) is 2.44. The van der Waals surface area contributed by atoms with E-state index in [2.05, 4.69) is 34.0 Å². The second kappa shape index (κ2) is 4.88. The second-order valence-corrected chi connectivity index (χ2v) is 4.18. The summed E-state index contributed by atoms with van der Waals surface area (Å²) >= 11 is 0. The number of nitrogens with one attached hydrogen (secondary N) is 2. The number of hydrogen-bond acceptors (Lipinski definition) is 4. The van der Waals surface area contributed by atoms with E-state index in [1.54, 1.807) is 18.5 Å².